The molecule has 0 aromatic carbocycles. The molecule has 1 aliphatic heterocycles. The van der Waals surface area contributed by atoms with Crippen molar-refractivity contribution in [2.75, 3.05) is 20.2 Å². The third-order valence-corrected chi connectivity index (χ3v) is 4.69. The summed E-state index contributed by atoms with van der Waals surface area (Å²) in [5.41, 5.74) is -0.0974. The highest BCUT2D eigenvalue weighted by Crippen LogP contribution is 2.33. The van der Waals surface area contributed by atoms with Crippen LogP contribution in [0, 0.1) is 0 Å². The molecule has 1 heterocycles. The van der Waals surface area contributed by atoms with Crippen molar-refractivity contribution < 1.29 is 9.90 Å². The van der Waals surface area contributed by atoms with E-state index in [1.807, 2.05) is 7.05 Å². The number of rotatable bonds is 3. The Balaban J connectivity index is 2.19. The fraction of sp³-hybridized carbons (Fsp3) is 0.933. The quantitative estimate of drug-likeness (QED) is 0.846. The number of aliphatic hydroxyl groups excluding tert-OH is 1. The SMILES string of the molecule is CN1CC(C)(C)N(C2CCCCC2)C(=O)C1CCO. The third kappa shape index (κ3) is 2.95. The summed E-state index contributed by atoms with van der Waals surface area (Å²) in [5.74, 6) is 0.222. The fourth-order valence-electron chi connectivity index (χ4n) is 3.92. The molecule has 1 N–H and O–H groups in total. The van der Waals surface area contributed by atoms with Crippen molar-refractivity contribution in [1.29, 1.82) is 0 Å². The van der Waals surface area contributed by atoms with Gasteiger partial charge in [0.25, 0.3) is 0 Å². The molecule has 2 rings (SSSR count). The molecular weight excluding hydrogens is 240 g/mol. The van der Waals surface area contributed by atoms with Crippen LogP contribution in [-0.2, 0) is 4.79 Å². The zero-order chi connectivity index (χ0) is 14.0. The molecule has 2 fully saturated rings. The van der Waals surface area contributed by atoms with E-state index in [1.54, 1.807) is 0 Å². The zero-order valence-corrected chi connectivity index (χ0v) is 12.6. The van der Waals surface area contributed by atoms with Crippen molar-refractivity contribution in [1.82, 2.24) is 9.80 Å². The van der Waals surface area contributed by atoms with Crippen molar-refractivity contribution in [3.63, 3.8) is 0 Å². The Bertz CT molecular complexity index is 324. The van der Waals surface area contributed by atoms with E-state index in [1.165, 1.54) is 19.3 Å². The maximum Gasteiger partial charge on any atom is 0.240 e. The van der Waals surface area contributed by atoms with E-state index in [9.17, 15) is 9.90 Å². The first kappa shape index (κ1) is 14.8. The monoisotopic (exact) mass is 268 g/mol. The Morgan fingerprint density at radius 2 is 1.89 bits per heavy atom. The van der Waals surface area contributed by atoms with Gasteiger partial charge in [-0.2, -0.15) is 0 Å². The van der Waals surface area contributed by atoms with Crippen molar-refractivity contribution in [2.45, 2.75) is 70.0 Å². The Morgan fingerprint density at radius 1 is 1.26 bits per heavy atom. The second-order valence-corrected chi connectivity index (χ2v) is 6.76. The van der Waals surface area contributed by atoms with E-state index < -0.39 is 0 Å². The minimum absolute atomic E-state index is 0.0830. The molecule has 1 unspecified atom stereocenters. The van der Waals surface area contributed by atoms with Crippen LogP contribution in [0.5, 0.6) is 0 Å². The van der Waals surface area contributed by atoms with Crippen molar-refractivity contribution >= 4 is 5.91 Å². The average Bonchev–Trinajstić information content (AvgIpc) is 2.34. The maximum atomic E-state index is 12.8. The molecule has 1 saturated heterocycles. The number of hydrogen-bond donors (Lipinski definition) is 1. The van der Waals surface area contributed by atoms with Gasteiger partial charge in [0.05, 0.1) is 11.6 Å². The summed E-state index contributed by atoms with van der Waals surface area (Å²) in [7, 11) is 2.00. The van der Waals surface area contributed by atoms with Crippen LogP contribution in [0.4, 0.5) is 0 Å². The van der Waals surface area contributed by atoms with Gasteiger partial charge in [0.1, 0.15) is 0 Å². The van der Waals surface area contributed by atoms with E-state index in [2.05, 4.69) is 23.6 Å². The molecule has 0 bridgehead atoms. The van der Waals surface area contributed by atoms with Crippen LogP contribution >= 0.6 is 0 Å². The lowest BCUT2D eigenvalue weighted by Gasteiger charge is -2.53. The first-order valence-corrected chi connectivity index (χ1v) is 7.61. The van der Waals surface area contributed by atoms with Crippen LogP contribution in [-0.4, -0.2) is 58.6 Å². The number of amides is 1. The normalized spacial score (nSPS) is 29.8. The summed E-state index contributed by atoms with van der Waals surface area (Å²) in [6, 6.07) is 0.270. The van der Waals surface area contributed by atoms with Crippen LogP contribution in [0.15, 0.2) is 0 Å². The molecule has 0 radical (unpaired) electrons. The number of nitrogens with zero attached hydrogens (tertiary/aromatic N) is 2. The lowest BCUT2D eigenvalue weighted by Crippen LogP contribution is -2.68. The molecule has 0 spiro atoms. The summed E-state index contributed by atoms with van der Waals surface area (Å²) in [4.78, 5) is 17.1. The number of aliphatic hydroxyl groups is 1. The van der Waals surface area contributed by atoms with E-state index in [0.717, 1.165) is 19.4 Å². The van der Waals surface area contributed by atoms with Crippen LogP contribution in [0.3, 0.4) is 0 Å². The topological polar surface area (TPSA) is 43.8 Å². The Kier molecular flexibility index (Phi) is 4.51. The predicted octanol–water partition coefficient (Wildman–Crippen LogP) is 1.62. The second kappa shape index (κ2) is 5.80. The Hall–Kier alpha value is -0.610. The Morgan fingerprint density at radius 3 is 2.47 bits per heavy atom. The lowest BCUT2D eigenvalue weighted by atomic mass is 9.86. The number of hydrogen-bond acceptors (Lipinski definition) is 3. The highest BCUT2D eigenvalue weighted by atomic mass is 16.3. The molecule has 1 saturated carbocycles. The number of likely N-dealkylation sites (N-methyl/N-ethyl adjacent to an activating group) is 1. The first-order chi connectivity index (χ1) is 8.97. The van der Waals surface area contributed by atoms with Gasteiger partial charge in [0, 0.05) is 19.2 Å². The number of piperazine rings is 1. The van der Waals surface area contributed by atoms with Gasteiger partial charge in [0.2, 0.25) is 5.91 Å². The van der Waals surface area contributed by atoms with Gasteiger partial charge in [-0.1, -0.05) is 19.3 Å². The standard InChI is InChI=1S/C15H28N2O2/c1-15(2)11-16(3)13(9-10-18)14(19)17(15)12-7-5-4-6-8-12/h12-13,18H,4-11H2,1-3H3. The van der Waals surface area contributed by atoms with Crippen molar-refractivity contribution in [2.24, 2.45) is 0 Å². The van der Waals surface area contributed by atoms with Crippen molar-refractivity contribution in [3.8, 4) is 0 Å². The number of carbonyl (C=O) groups is 1. The molecule has 0 aromatic rings. The maximum absolute atomic E-state index is 12.8. The third-order valence-electron chi connectivity index (χ3n) is 4.69. The Labute approximate surface area is 116 Å². The first-order valence-electron chi connectivity index (χ1n) is 7.61. The summed E-state index contributed by atoms with van der Waals surface area (Å²) in [6.07, 6.45) is 6.62. The van der Waals surface area contributed by atoms with Gasteiger partial charge in [-0.05, 0) is 40.2 Å². The van der Waals surface area contributed by atoms with Gasteiger partial charge in [-0.15, -0.1) is 0 Å². The summed E-state index contributed by atoms with van der Waals surface area (Å²) >= 11 is 0. The molecular formula is C15H28N2O2. The van der Waals surface area contributed by atoms with Crippen LogP contribution < -0.4 is 0 Å². The largest absolute Gasteiger partial charge is 0.396 e. The van der Waals surface area contributed by atoms with Crippen LogP contribution in [0.25, 0.3) is 0 Å². The smallest absolute Gasteiger partial charge is 0.240 e. The minimum atomic E-state index is -0.139. The predicted molar refractivity (Wildman–Crippen MR) is 75.9 cm³/mol. The summed E-state index contributed by atoms with van der Waals surface area (Å²) in [5, 5.41) is 9.18. The highest BCUT2D eigenvalue weighted by Gasteiger charge is 2.45. The van der Waals surface area contributed by atoms with E-state index in [-0.39, 0.29) is 24.1 Å². The molecule has 19 heavy (non-hydrogen) atoms. The second-order valence-electron chi connectivity index (χ2n) is 6.76. The molecule has 4 heteroatoms. The highest BCUT2D eigenvalue weighted by molar-refractivity contribution is 5.84. The van der Waals surface area contributed by atoms with Crippen LogP contribution in [0.2, 0.25) is 0 Å². The fourth-order valence-corrected chi connectivity index (χ4v) is 3.92. The van der Waals surface area contributed by atoms with Gasteiger partial charge in [-0.25, -0.2) is 0 Å². The molecule has 2 aliphatic rings. The molecule has 0 aromatic heterocycles. The minimum Gasteiger partial charge on any atom is -0.396 e. The van der Waals surface area contributed by atoms with E-state index >= 15 is 0 Å². The van der Waals surface area contributed by atoms with Gasteiger partial charge in [0.15, 0.2) is 0 Å². The van der Waals surface area contributed by atoms with Crippen LogP contribution in [0.1, 0.15) is 52.4 Å². The molecule has 1 amide bonds. The molecule has 4 nitrogen and oxygen atoms in total. The summed E-state index contributed by atoms with van der Waals surface area (Å²) in [6.45, 7) is 5.32. The molecule has 1 atom stereocenters. The average molecular weight is 268 g/mol. The van der Waals surface area contributed by atoms with E-state index in [4.69, 9.17) is 0 Å². The number of carbonyl (C=O) groups excluding carboxylic acids is 1. The van der Waals surface area contributed by atoms with Gasteiger partial charge in [-0.3, -0.25) is 9.69 Å². The molecule has 110 valence electrons. The van der Waals surface area contributed by atoms with Crippen molar-refractivity contribution in [3.05, 3.63) is 0 Å². The summed E-state index contributed by atoms with van der Waals surface area (Å²) < 4.78 is 0. The molecule has 1 aliphatic carbocycles. The van der Waals surface area contributed by atoms with E-state index in [0.29, 0.717) is 12.5 Å². The zero-order valence-electron chi connectivity index (χ0n) is 12.6. The lowest BCUT2D eigenvalue weighted by molar-refractivity contribution is -0.156. The van der Waals surface area contributed by atoms with Gasteiger partial charge < -0.3 is 10.0 Å². The van der Waals surface area contributed by atoms with Gasteiger partial charge >= 0.3 is 0 Å².